The second-order valence-corrected chi connectivity index (χ2v) is 1.82. The van der Waals surface area contributed by atoms with Crippen LogP contribution < -0.4 is 0 Å². The Kier molecular flexibility index (Phi) is 1.95. The topological polar surface area (TPSA) is 27.7 Å². The largest absolute Gasteiger partial charge is 0.459 e. The minimum atomic E-state index is 0.338. The Labute approximate surface area is 54.2 Å². The lowest BCUT2D eigenvalue weighted by Gasteiger charge is -1.96. The Morgan fingerprint density at radius 1 is 1.56 bits per heavy atom. The number of methoxy groups -OCH3 is 1. The molecule has 1 rings (SSSR count). The first-order chi connectivity index (χ1) is 4.34. The molecule has 3 heteroatoms. The highest BCUT2D eigenvalue weighted by Gasteiger charge is 2.11. The molecule has 0 aromatic carbocycles. The van der Waals surface area contributed by atoms with Gasteiger partial charge in [-0.25, -0.2) is 0 Å². The first kappa shape index (κ1) is 6.42. The highest BCUT2D eigenvalue weighted by molar-refractivity contribution is 5.01. The van der Waals surface area contributed by atoms with Gasteiger partial charge in [-0.2, -0.15) is 0 Å². The molecule has 1 heterocycles. The predicted molar refractivity (Wildman–Crippen MR) is 31.6 cm³/mol. The lowest BCUT2D eigenvalue weighted by Crippen LogP contribution is -1.94. The van der Waals surface area contributed by atoms with Crippen LogP contribution in [0, 0.1) is 0 Å². The van der Waals surface area contributed by atoms with Crippen molar-refractivity contribution in [1.29, 1.82) is 0 Å². The fourth-order valence-corrected chi connectivity index (χ4v) is 0.645. The van der Waals surface area contributed by atoms with Crippen molar-refractivity contribution in [2.24, 2.45) is 0 Å². The second kappa shape index (κ2) is 2.73. The predicted octanol–water partition coefficient (Wildman–Crippen LogP) is 0.869. The maximum Gasteiger partial charge on any atom is 0.230 e. The molecule has 0 unspecified atom stereocenters. The minimum absolute atomic E-state index is 0.338. The van der Waals surface area contributed by atoms with Gasteiger partial charge in [0.1, 0.15) is 12.4 Å². The summed E-state index contributed by atoms with van der Waals surface area (Å²) in [5.41, 5.74) is 0. The van der Waals surface area contributed by atoms with E-state index < -0.39 is 0 Å². The molecule has 0 saturated carbocycles. The molecule has 0 aromatic heterocycles. The third kappa shape index (κ3) is 1.36. The van der Waals surface area contributed by atoms with Crippen molar-refractivity contribution >= 4 is 0 Å². The van der Waals surface area contributed by atoms with E-state index in [4.69, 9.17) is 14.2 Å². The highest BCUT2D eigenvalue weighted by Crippen LogP contribution is 2.14. The van der Waals surface area contributed by atoms with Crippen LogP contribution in [0.15, 0.2) is 11.5 Å². The van der Waals surface area contributed by atoms with Gasteiger partial charge in [-0.3, -0.25) is 0 Å². The van der Waals surface area contributed by atoms with Gasteiger partial charge >= 0.3 is 0 Å². The average Bonchev–Trinajstić information content (AvgIpc) is 2.18. The van der Waals surface area contributed by atoms with Crippen molar-refractivity contribution in [2.45, 2.75) is 6.92 Å². The third-order valence-corrected chi connectivity index (χ3v) is 1.18. The molecule has 0 saturated heterocycles. The van der Waals surface area contributed by atoms with Crippen molar-refractivity contribution in [3.8, 4) is 0 Å². The molecular formula is C6H10O3. The van der Waals surface area contributed by atoms with Crippen molar-refractivity contribution in [1.82, 2.24) is 0 Å². The van der Waals surface area contributed by atoms with Gasteiger partial charge in [0.15, 0.2) is 5.76 Å². The molecule has 3 nitrogen and oxygen atoms in total. The van der Waals surface area contributed by atoms with Crippen LogP contribution >= 0.6 is 0 Å². The van der Waals surface area contributed by atoms with Crippen LogP contribution in [0.4, 0.5) is 0 Å². The minimum Gasteiger partial charge on any atom is -0.459 e. The Hall–Kier alpha value is -0.700. The summed E-state index contributed by atoms with van der Waals surface area (Å²) in [7, 11) is 1.63. The summed E-state index contributed by atoms with van der Waals surface area (Å²) in [6, 6.07) is 0. The van der Waals surface area contributed by atoms with E-state index in [1.165, 1.54) is 0 Å². The van der Waals surface area contributed by atoms with E-state index in [1.807, 2.05) is 6.92 Å². The zero-order valence-electron chi connectivity index (χ0n) is 5.64. The summed E-state index contributed by atoms with van der Waals surface area (Å²) in [4.78, 5) is 0. The molecule has 1 aliphatic rings. The normalized spacial score (nSPS) is 17.6. The summed E-state index contributed by atoms with van der Waals surface area (Å²) in [6.45, 7) is 2.71. The number of hydrogen-bond donors (Lipinski definition) is 0. The first-order valence-corrected chi connectivity index (χ1v) is 2.79. The van der Waals surface area contributed by atoms with Gasteiger partial charge in [0.05, 0.1) is 0 Å². The zero-order chi connectivity index (χ0) is 6.69. The second-order valence-electron chi connectivity index (χ2n) is 1.82. The van der Waals surface area contributed by atoms with Gasteiger partial charge in [0, 0.05) is 7.11 Å². The Bertz CT molecular complexity index is 128. The molecule has 0 amide bonds. The molecule has 0 aromatic rings. The van der Waals surface area contributed by atoms with E-state index in [-0.39, 0.29) is 0 Å². The molecule has 9 heavy (non-hydrogen) atoms. The van der Waals surface area contributed by atoms with Crippen LogP contribution in [0.3, 0.4) is 0 Å². The van der Waals surface area contributed by atoms with Crippen LogP contribution in [0.25, 0.3) is 0 Å². The summed E-state index contributed by atoms with van der Waals surface area (Å²) in [6.07, 6.45) is 0. The number of allylic oxidation sites excluding steroid dienone is 1. The molecule has 0 radical (unpaired) electrons. The molecule has 0 atom stereocenters. The molecule has 1 aliphatic heterocycles. The van der Waals surface area contributed by atoms with E-state index in [0.717, 1.165) is 11.5 Å². The molecule has 52 valence electrons. The smallest absolute Gasteiger partial charge is 0.230 e. The van der Waals surface area contributed by atoms with Gasteiger partial charge in [-0.1, -0.05) is 0 Å². The number of hydrogen-bond acceptors (Lipinski definition) is 3. The zero-order valence-corrected chi connectivity index (χ0v) is 5.64. The SMILES string of the molecule is COCC1=C(C)OCO1. The number of rotatable bonds is 2. The van der Waals surface area contributed by atoms with Crippen molar-refractivity contribution in [2.75, 3.05) is 20.5 Å². The van der Waals surface area contributed by atoms with Crippen molar-refractivity contribution < 1.29 is 14.2 Å². The third-order valence-electron chi connectivity index (χ3n) is 1.18. The molecule has 0 bridgehead atoms. The van der Waals surface area contributed by atoms with E-state index in [9.17, 15) is 0 Å². The Morgan fingerprint density at radius 3 is 2.78 bits per heavy atom. The van der Waals surface area contributed by atoms with Crippen LogP contribution in [-0.4, -0.2) is 20.5 Å². The number of ether oxygens (including phenoxy) is 3. The van der Waals surface area contributed by atoms with E-state index in [1.54, 1.807) is 7.11 Å². The van der Waals surface area contributed by atoms with Gasteiger partial charge < -0.3 is 14.2 Å². The van der Waals surface area contributed by atoms with Crippen LogP contribution in [0.2, 0.25) is 0 Å². The van der Waals surface area contributed by atoms with E-state index >= 15 is 0 Å². The quantitative estimate of drug-likeness (QED) is 0.555. The standard InChI is InChI=1S/C6H10O3/c1-5-6(3-7-2)9-4-8-5/h3-4H2,1-2H3. The van der Waals surface area contributed by atoms with E-state index in [0.29, 0.717) is 13.4 Å². The van der Waals surface area contributed by atoms with Crippen LogP contribution in [0.1, 0.15) is 6.92 Å². The first-order valence-electron chi connectivity index (χ1n) is 2.79. The monoisotopic (exact) mass is 130 g/mol. The molecule has 0 N–H and O–H groups in total. The Morgan fingerprint density at radius 2 is 2.33 bits per heavy atom. The van der Waals surface area contributed by atoms with Crippen molar-refractivity contribution in [3.05, 3.63) is 11.5 Å². The summed E-state index contributed by atoms with van der Waals surface area (Å²) < 4.78 is 14.9. The van der Waals surface area contributed by atoms with Gasteiger partial charge in [-0.15, -0.1) is 0 Å². The van der Waals surface area contributed by atoms with E-state index in [2.05, 4.69) is 0 Å². The fraction of sp³-hybridized carbons (Fsp3) is 0.667. The molecular weight excluding hydrogens is 120 g/mol. The van der Waals surface area contributed by atoms with Crippen molar-refractivity contribution in [3.63, 3.8) is 0 Å². The summed E-state index contributed by atoms with van der Waals surface area (Å²) >= 11 is 0. The summed E-state index contributed by atoms with van der Waals surface area (Å²) in [5, 5.41) is 0. The molecule has 0 fully saturated rings. The maximum absolute atomic E-state index is 5.04. The van der Waals surface area contributed by atoms with Gasteiger partial charge in [0.2, 0.25) is 6.79 Å². The maximum atomic E-state index is 5.04. The highest BCUT2D eigenvalue weighted by atomic mass is 16.7. The molecule has 0 spiro atoms. The fourth-order valence-electron chi connectivity index (χ4n) is 0.645. The molecule has 0 aliphatic carbocycles. The lowest BCUT2D eigenvalue weighted by molar-refractivity contribution is 0.0575. The summed E-state index contributed by atoms with van der Waals surface area (Å²) in [5.74, 6) is 1.63. The Balaban J connectivity index is 2.45. The lowest BCUT2D eigenvalue weighted by atomic mass is 10.4. The average molecular weight is 130 g/mol. The van der Waals surface area contributed by atoms with Gasteiger partial charge in [-0.05, 0) is 6.92 Å². The van der Waals surface area contributed by atoms with Crippen LogP contribution in [-0.2, 0) is 14.2 Å². The van der Waals surface area contributed by atoms with Gasteiger partial charge in [0.25, 0.3) is 0 Å². The van der Waals surface area contributed by atoms with Crippen LogP contribution in [0.5, 0.6) is 0 Å².